The summed E-state index contributed by atoms with van der Waals surface area (Å²) in [6, 6.07) is 5.95. The van der Waals surface area contributed by atoms with Gasteiger partial charge in [0.2, 0.25) is 0 Å². The molecule has 0 amide bonds. The fourth-order valence-electron chi connectivity index (χ4n) is 4.75. The summed E-state index contributed by atoms with van der Waals surface area (Å²) < 4.78 is 17.7. The van der Waals surface area contributed by atoms with Crippen LogP contribution in [0.25, 0.3) is 0 Å². The summed E-state index contributed by atoms with van der Waals surface area (Å²) in [6.45, 7) is 7.27. The van der Waals surface area contributed by atoms with Crippen molar-refractivity contribution in [2.24, 2.45) is 16.1 Å². The van der Waals surface area contributed by atoms with Crippen molar-refractivity contribution >= 4 is 11.8 Å². The first kappa shape index (κ1) is 19.0. The van der Waals surface area contributed by atoms with Gasteiger partial charge in [-0.25, -0.2) is 9.98 Å². The molecule has 5 rings (SSSR count). The van der Waals surface area contributed by atoms with Crippen molar-refractivity contribution in [2.45, 2.75) is 38.3 Å². The van der Waals surface area contributed by atoms with Crippen molar-refractivity contribution in [3.05, 3.63) is 53.1 Å². The second-order valence-corrected chi connectivity index (χ2v) is 8.76. The number of Topliss-reactive ketones (excluding diaryl/α,β-unsaturated/α-hetero) is 1. The van der Waals surface area contributed by atoms with Gasteiger partial charge in [-0.05, 0) is 38.5 Å². The summed E-state index contributed by atoms with van der Waals surface area (Å²) in [5.74, 6) is 0.631. The molecule has 0 aliphatic carbocycles. The number of aromatic nitrogens is 2. The van der Waals surface area contributed by atoms with Crippen molar-refractivity contribution in [2.75, 3.05) is 19.8 Å². The fourth-order valence-corrected chi connectivity index (χ4v) is 4.75. The van der Waals surface area contributed by atoms with Gasteiger partial charge < -0.3 is 19.9 Å². The summed E-state index contributed by atoms with van der Waals surface area (Å²) in [4.78, 5) is 25.9. The van der Waals surface area contributed by atoms with Gasteiger partial charge in [-0.15, -0.1) is 0 Å². The second-order valence-electron chi connectivity index (χ2n) is 8.76. The Balaban J connectivity index is 1.56. The highest BCUT2D eigenvalue weighted by molar-refractivity contribution is 5.95. The number of carbonyl (C=O) groups is 1. The Kier molecular flexibility index (Phi) is 3.96. The molecule has 1 saturated heterocycles. The van der Waals surface area contributed by atoms with Crippen molar-refractivity contribution in [1.29, 1.82) is 0 Å². The molecule has 1 aromatic carbocycles. The van der Waals surface area contributed by atoms with Crippen LogP contribution in [0.2, 0.25) is 0 Å². The number of ketones is 1. The van der Waals surface area contributed by atoms with E-state index in [4.69, 9.17) is 24.9 Å². The first-order chi connectivity index (χ1) is 14.3. The maximum atomic E-state index is 12.7. The Labute approximate surface area is 174 Å². The summed E-state index contributed by atoms with van der Waals surface area (Å²) in [5.41, 5.74) is 7.18. The zero-order valence-electron chi connectivity index (χ0n) is 17.3. The zero-order chi connectivity index (χ0) is 21.1. The third kappa shape index (κ3) is 2.49. The number of benzene rings is 1. The highest BCUT2D eigenvalue weighted by Crippen LogP contribution is 2.62. The van der Waals surface area contributed by atoms with Crippen molar-refractivity contribution in [3.63, 3.8) is 0 Å². The van der Waals surface area contributed by atoms with Crippen LogP contribution in [0.1, 0.15) is 41.2 Å². The van der Waals surface area contributed by atoms with Gasteiger partial charge in [0.25, 0.3) is 6.02 Å². The number of carbonyl (C=O) groups excluding carboxylic acids is 1. The molecule has 2 aromatic rings. The van der Waals surface area contributed by atoms with Crippen LogP contribution in [-0.2, 0) is 21.4 Å². The van der Waals surface area contributed by atoms with Gasteiger partial charge in [-0.2, -0.15) is 0 Å². The van der Waals surface area contributed by atoms with Crippen LogP contribution >= 0.6 is 0 Å². The van der Waals surface area contributed by atoms with Gasteiger partial charge in [0.15, 0.2) is 5.78 Å². The highest BCUT2D eigenvalue weighted by Gasteiger charge is 2.71. The lowest BCUT2D eigenvalue weighted by Crippen LogP contribution is -2.71. The monoisotopic (exact) mass is 408 g/mol. The Hall–Kier alpha value is -3.00. The van der Waals surface area contributed by atoms with Crippen LogP contribution in [0.3, 0.4) is 0 Å². The Morgan fingerprint density at radius 3 is 2.57 bits per heavy atom. The number of hydrogen-bond acceptors (Lipinski definition) is 8. The van der Waals surface area contributed by atoms with E-state index in [1.165, 1.54) is 6.20 Å². The van der Waals surface area contributed by atoms with Gasteiger partial charge in [0.05, 0.1) is 30.5 Å². The average Bonchev–Trinajstić information content (AvgIpc) is 3.03. The third-order valence-corrected chi connectivity index (χ3v) is 6.66. The smallest absolute Gasteiger partial charge is 0.283 e. The van der Waals surface area contributed by atoms with Crippen LogP contribution in [0.5, 0.6) is 5.75 Å². The lowest BCUT2D eigenvalue weighted by atomic mass is 9.55. The lowest BCUT2D eigenvalue weighted by Gasteiger charge is -2.61. The predicted molar refractivity (Wildman–Crippen MR) is 108 cm³/mol. The van der Waals surface area contributed by atoms with E-state index in [0.29, 0.717) is 25.5 Å². The minimum absolute atomic E-state index is 0.0964. The first-order valence-electron chi connectivity index (χ1n) is 9.97. The molecule has 0 bridgehead atoms. The molecule has 2 N–H and O–H groups in total. The molecule has 3 aliphatic rings. The second kappa shape index (κ2) is 6.25. The van der Waals surface area contributed by atoms with Crippen molar-refractivity contribution in [1.82, 2.24) is 9.97 Å². The quantitative estimate of drug-likeness (QED) is 0.773. The topological polar surface area (TPSA) is 109 Å². The molecule has 2 spiro atoms. The van der Waals surface area contributed by atoms with Crippen LogP contribution in [0.15, 0.2) is 35.6 Å². The lowest BCUT2D eigenvalue weighted by molar-refractivity contribution is -0.247. The number of aliphatic imine (C=N–C) groups is 1. The largest absolute Gasteiger partial charge is 0.487 e. The molecule has 3 aliphatic heterocycles. The number of hydrogen-bond donors (Lipinski definition) is 1. The summed E-state index contributed by atoms with van der Waals surface area (Å²) in [7, 11) is 0. The molecule has 156 valence electrons. The highest BCUT2D eigenvalue weighted by atomic mass is 16.5. The number of nitrogens with zero attached hydrogens (tertiary/aromatic N) is 3. The number of nitrogens with two attached hydrogens (primary N) is 1. The molecule has 0 saturated carbocycles. The summed E-state index contributed by atoms with van der Waals surface area (Å²) in [5, 5.41) is 0. The van der Waals surface area contributed by atoms with Gasteiger partial charge in [-0.3, -0.25) is 9.78 Å². The SMILES string of the molecule is Cc1cnc(C(=O)Cc2ccc3c(c2)C2(COC(N)=N2)C2(COC2)C(C)(C)O3)cn1. The molecule has 1 aromatic heterocycles. The average molecular weight is 408 g/mol. The molecule has 1 unspecified atom stereocenters. The Bertz CT molecular complexity index is 1060. The van der Waals surface area contributed by atoms with Gasteiger partial charge in [0, 0.05) is 18.2 Å². The van der Waals surface area contributed by atoms with Crippen molar-refractivity contribution < 1.29 is 19.0 Å². The third-order valence-electron chi connectivity index (χ3n) is 6.66. The van der Waals surface area contributed by atoms with Gasteiger partial charge >= 0.3 is 0 Å². The zero-order valence-corrected chi connectivity index (χ0v) is 17.3. The van der Waals surface area contributed by atoms with Crippen LogP contribution in [-0.4, -0.2) is 47.2 Å². The van der Waals surface area contributed by atoms with E-state index in [9.17, 15) is 4.79 Å². The van der Waals surface area contributed by atoms with E-state index in [-0.39, 0.29) is 18.2 Å². The number of ether oxygens (including phenoxy) is 3. The molecular formula is C22H24N4O4. The molecule has 8 nitrogen and oxygen atoms in total. The van der Waals surface area contributed by atoms with E-state index in [0.717, 1.165) is 22.6 Å². The number of aryl methyl sites for hydroxylation is 1. The molecule has 1 atom stereocenters. The van der Waals surface area contributed by atoms with E-state index in [1.807, 2.05) is 25.1 Å². The van der Waals surface area contributed by atoms with E-state index < -0.39 is 16.6 Å². The normalized spacial score (nSPS) is 25.1. The van der Waals surface area contributed by atoms with Crippen molar-refractivity contribution in [3.8, 4) is 5.75 Å². The summed E-state index contributed by atoms with van der Waals surface area (Å²) >= 11 is 0. The molecule has 1 fully saturated rings. The maximum Gasteiger partial charge on any atom is 0.283 e. The maximum absolute atomic E-state index is 12.7. The van der Waals surface area contributed by atoms with E-state index >= 15 is 0 Å². The molecular weight excluding hydrogens is 384 g/mol. The predicted octanol–water partition coefficient (Wildman–Crippen LogP) is 1.94. The molecule has 4 heterocycles. The van der Waals surface area contributed by atoms with Gasteiger partial charge in [-0.1, -0.05) is 6.07 Å². The van der Waals surface area contributed by atoms with Crippen LogP contribution in [0, 0.1) is 12.3 Å². The first-order valence-corrected chi connectivity index (χ1v) is 9.97. The Morgan fingerprint density at radius 2 is 1.97 bits per heavy atom. The minimum atomic E-state index is -0.713. The Morgan fingerprint density at radius 1 is 1.17 bits per heavy atom. The van der Waals surface area contributed by atoms with E-state index in [2.05, 4.69) is 23.8 Å². The molecule has 8 heteroatoms. The van der Waals surface area contributed by atoms with Crippen LogP contribution in [0.4, 0.5) is 0 Å². The van der Waals surface area contributed by atoms with Crippen LogP contribution < -0.4 is 10.5 Å². The van der Waals surface area contributed by atoms with Gasteiger partial charge in [0.1, 0.15) is 29.2 Å². The standard InChI is InChI=1S/C22H24N4O4/c1-13-8-25-16(9-24-13)17(27)7-14-4-5-18-15(6-14)22(12-29-19(23)26-22)21(10-28-11-21)20(2,3)30-18/h4-6,8-9H,7,10-12H2,1-3H3,(H2,23,26). The number of rotatable bonds is 3. The molecule has 30 heavy (non-hydrogen) atoms. The summed E-state index contributed by atoms with van der Waals surface area (Å²) in [6.07, 6.45) is 3.31. The minimum Gasteiger partial charge on any atom is -0.487 e. The van der Waals surface area contributed by atoms with E-state index in [1.54, 1.807) is 6.20 Å². The fraction of sp³-hybridized carbons (Fsp3) is 0.455. The molecule has 0 radical (unpaired) electrons. The number of amidine groups is 1. The number of fused-ring (bicyclic) bond motifs is 3.